The number of halogens is 1. The van der Waals surface area contributed by atoms with Crippen LogP contribution in [0, 0.1) is 5.82 Å². The SMILES string of the molecule is C=CC(=O)N1CCCC(Nc2nc(Nc3ccc4c(c3)CCN(C(C)=O)C4)ncc2F)C1. The third-order valence-corrected chi connectivity index (χ3v) is 5.91. The Balaban J connectivity index is 1.45. The van der Waals surface area contributed by atoms with E-state index in [9.17, 15) is 14.0 Å². The van der Waals surface area contributed by atoms with E-state index in [4.69, 9.17) is 0 Å². The standard InChI is InChI=1S/C23H27FN6O2/c1-3-21(32)30-9-4-5-19(14-30)26-22-20(24)12-25-23(28-22)27-18-7-6-17-13-29(15(2)31)10-8-16(17)11-18/h3,6-7,11-12,19H,1,4-5,8-10,13-14H2,2H3,(H2,25,26,27,28). The average molecular weight is 439 g/mol. The highest BCUT2D eigenvalue weighted by atomic mass is 19.1. The molecule has 32 heavy (non-hydrogen) atoms. The van der Waals surface area contributed by atoms with Gasteiger partial charge in [-0.05, 0) is 48.6 Å². The van der Waals surface area contributed by atoms with E-state index >= 15 is 0 Å². The molecule has 168 valence electrons. The molecule has 1 atom stereocenters. The van der Waals surface area contributed by atoms with E-state index < -0.39 is 5.82 Å². The molecular formula is C23H27FN6O2. The first-order valence-corrected chi connectivity index (χ1v) is 10.8. The van der Waals surface area contributed by atoms with Crippen molar-refractivity contribution in [2.24, 2.45) is 0 Å². The number of nitrogens with zero attached hydrogens (tertiary/aromatic N) is 4. The van der Waals surface area contributed by atoms with E-state index in [0.717, 1.165) is 36.7 Å². The molecule has 2 amide bonds. The van der Waals surface area contributed by atoms with Gasteiger partial charge in [0.05, 0.1) is 6.20 Å². The van der Waals surface area contributed by atoms with E-state index in [1.807, 2.05) is 23.1 Å². The number of fused-ring (bicyclic) bond motifs is 1. The normalized spacial score (nSPS) is 18.0. The largest absolute Gasteiger partial charge is 0.363 e. The van der Waals surface area contributed by atoms with Crippen LogP contribution < -0.4 is 10.6 Å². The van der Waals surface area contributed by atoms with Crippen LogP contribution in [0.15, 0.2) is 37.1 Å². The van der Waals surface area contributed by atoms with E-state index in [-0.39, 0.29) is 29.6 Å². The Labute approximate surface area is 186 Å². The second-order valence-corrected chi connectivity index (χ2v) is 8.16. The summed E-state index contributed by atoms with van der Waals surface area (Å²) in [5.41, 5.74) is 3.09. The van der Waals surface area contributed by atoms with Crippen LogP contribution in [0.3, 0.4) is 0 Å². The van der Waals surface area contributed by atoms with Crippen LogP contribution in [0.2, 0.25) is 0 Å². The number of anilines is 3. The number of nitrogens with one attached hydrogen (secondary N) is 2. The fourth-order valence-corrected chi connectivity index (χ4v) is 4.17. The van der Waals surface area contributed by atoms with Gasteiger partial charge in [-0.2, -0.15) is 4.98 Å². The zero-order valence-corrected chi connectivity index (χ0v) is 18.1. The van der Waals surface area contributed by atoms with Crippen molar-refractivity contribution in [2.45, 2.75) is 38.8 Å². The minimum Gasteiger partial charge on any atom is -0.363 e. The molecule has 2 N–H and O–H groups in total. The molecule has 9 heteroatoms. The van der Waals surface area contributed by atoms with Crippen LogP contribution in [-0.4, -0.2) is 57.3 Å². The minimum absolute atomic E-state index is 0.0764. The minimum atomic E-state index is -0.544. The molecule has 1 saturated heterocycles. The number of hydrogen-bond acceptors (Lipinski definition) is 6. The molecule has 2 aliphatic heterocycles. The van der Waals surface area contributed by atoms with Crippen molar-refractivity contribution in [1.29, 1.82) is 0 Å². The van der Waals surface area contributed by atoms with Gasteiger partial charge in [0, 0.05) is 44.8 Å². The molecule has 0 aliphatic carbocycles. The highest BCUT2D eigenvalue weighted by Crippen LogP contribution is 2.25. The Kier molecular flexibility index (Phi) is 6.34. The van der Waals surface area contributed by atoms with Crippen LogP contribution >= 0.6 is 0 Å². The van der Waals surface area contributed by atoms with Crippen molar-refractivity contribution in [3.8, 4) is 0 Å². The van der Waals surface area contributed by atoms with E-state index in [2.05, 4.69) is 27.2 Å². The van der Waals surface area contributed by atoms with Crippen LogP contribution in [-0.2, 0) is 22.6 Å². The lowest BCUT2D eigenvalue weighted by Gasteiger charge is -2.32. The van der Waals surface area contributed by atoms with Crippen molar-refractivity contribution in [2.75, 3.05) is 30.3 Å². The molecule has 3 heterocycles. The molecule has 1 aromatic carbocycles. The van der Waals surface area contributed by atoms with E-state index in [1.165, 1.54) is 11.6 Å². The van der Waals surface area contributed by atoms with Gasteiger partial charge >= 0.3 is 0 Å². The van der Waals surface area contributed by atoms with Gasteiger partial charge in [-0.25, -0.2) is 9.37 Å². The maximum atomic E-state index is 14.4. The van der Waals surface area contributed by atoms with Crippen molar-refractivity contribution in [1.82, 2.24) is 19.8 Å². The smallest absolute Gasteiger partial charge is 0.246 e. The van der Waals surface area contributed by atoms with Crippen molar-refractivity contribution >= 4 is 29.3 Å². The molecule has 2 aliphatic rings. The Morgan fingerprint density at radius 1 is 1.25 bits per heavy atom. The number of piperidine rings is 1. The third kappa shape index (κ3) is 4.87. The maximum Gasteiger partial charge on any atom is 0.246 e. The second-order valence-electron chi connectivity index (χ2n) is 8.16. The van der Waals surface area contributed by atoms with Crippen molar-refractivity contribution in [3.63, 3.8) is 0 Å². The summed E-state index contributed by atoms with van der Waals surface area (Å²) in [5, 5.41) is 6.26. The van der Waals surface area contributed by atoms with Gasteiger partial charge in [-0.3, -0.25) is 9.59 Å². The van der Waals surface area contributed by atoms with E-state index in [1.54, 1.807) is 11.8 Å². The van der Waals surface area contributed by atoms with Gasteiger partial charge < -0.3 is 20.4 Å². The van der Waals surface area contributed by atoms with Gasteiger partial charge in [-0.15, -0.1) is 0 Å². The Morgan fingerprint density at radius 2 is 2.09 bits per heavy atom. The molecule has 0 bridgehead atoms. The molecule has 4 rings (SSSR count). The van der Waals surface area contributed by atoms with Crippen LogP contribution in [0.1, 0.15) is 30.9 Å². The number of hydrogen-bond donors (Lipinski definition) is 2. The summed E-state index contributed by atoms with van der Waals surface area (Å²) in [6.45, 7) is 7.56. The lowest BCUT2D eigenvalue weighted by molar-refractivity contribution is -0.129. The molecule has 2 aromatic rings. The fraction of sp³-hybridized carbons (Fsp3) is 0.391. The molecular weight excluding hydrogens is 411 g/mol. The maximum absolute atomic E-state index is 14.4. The number of likely N-dealkylation sites (tertiary alicyclic amines) is 1. The van der Waals surface area contributed by atoms with Gasteiger partial charge in [0.25, 0.3) is 0 Å². The Hall–Kier alpha value is -3.49. The molecule has 8 nitrogen and oxygen atoms in total. The van der Waals surface area contributed by atoms with Crippen molar-refractivity contribution < 1.29 is 14.0 Å². The van der Waals surface area contributed by atoms with Crippen LogP contribution in [0.25, 0.3) is 0 Å². The molecule has 0 radical (unpaired) electrons. The zero-order valence-electron chi connectivity index (χ0n) is 18.1. The second kappa shape index (κ2) is 9.33. The highest BCUT2D eigenvalue weighted by Gasteiger charge is 2.24. The number of amides is 2. The first kappa shape index (κ1) is 21.7. The van der Waals surface area contributed by atoms with Gasteiger partial charge in [0.2, 0.25) is 17.8 Å². The van der Waals surface area contributed by atoms with E-state index in [0.29, 0.717) is 26.2 Å². The lowest BCUT2D eigenvalue weighted by Crippen LogP contribution is -2.44. The molecule has 1 aromatic heterocycles. The number of aromatic nitrogens is 2. The molecule has 1 unspecified atom stereocenters. The zero-order chi connectivity index (χ0) is 22.7. The van der Waals surface area contributed by atoms with Gasteiger partial charge in [0.15, 0.2) is 11.6 Å². The summed E-state index contributed by atoms with van der Waals surface area (Å²) < 4.78 is 14.4. The van der Waals surface area contributed by atoms with Crippen LogP contribution in [0.4, 0.5) is 21.8 Å². The lowest BCUT2D eigenvalue weighted by atomic mass is 9.99. The summed E-state index contributed by atoms with van der Waals surface area (Å²) in [5.74, 6) is -0.203. The Morgan fingerprint density at radius 3 is 2.88 bits per heavy atom. The predicted octanol–water partition coefficient (Wildman–Crippen LogP) is 2.85. The summed E-state index contributed by atoms with van der Waals surface area (Å²) in [7, 11) is 0. The number of carbonyl (C=O) groups excluding carboxylic acids is 2. The first-order valence-electron chi connectivity index (χ1n) is 10.8. The van der Waals surface area contributed by atoms with Crippen LogP contribution in [0.5, 0.6) is 0 Å². The number of carbonyl (C=O) groups is 2. The fourth-order valence-electron chi connectivity index (χ4n) is 4.17. The monoisotopic (exact) mass is 438 g/mol. The first-order chi connectivity index (χ1) is 15.4. The quantitative estimate of drug-likeness (QED) is 0.698. The molecule has 0 saturated carbocycles. The number of rotatable bonds is 5. The summed E-state index contributed by atoms with van der Waals surface area (Å²) in [4.78, 5) is 35.4. The highest BCUT2D eigenvalue weighted by molar-refractivity contribution is 5.87. The predicted molar refractivity (Wildman–Crippen MR) is 120 cm³/mol. The van der Waals surface area contributed by atoms with Gasteiger partial charge in [0.1, 0.15) is 0 Å². The molecule has 1 fully saturated rings. The topological polar surface area (TPSA) is 90.5 Å². The summed E-state index contributed by atoms with van der Waals surface area (Å²) >= 11 is 0. The summed E-state index contributed by atoms with van der Waals surface area (Å²) in [6.07, 6.45) is 4.85. The average Bonchev–Trinajstić information content (AvgIpc) is 2.80. The van der Waals surface area contributed by atoms with Gasteiger partial charge in [-0.1, -0.05) is 12.6 Å². The van der Waals surface area contributed by atoms with Crippen molar-refractivity contribution in [3.05, 3.63) is 54.0 Å². The third-order valence-electron chi connectivity index (χ3n) is 5.91. The number of benzene rings is 1. The summed E-state index contributed by atoms with van der Waals surface area (Å²) in [6, 6.07) is 5.81. The Bertz CT molecular complexity index is 1040. The molecule has 0 spiro atoms.